The van der Waals surface area contributed by atoms with Crippen LogP contribution in [0.1, 0.15) is 80.5 Å². The van der Waals surface area contributed by atoms with Gasteiger partial charge < -0.3 is 25.8 Å². The standard InChI is InChI=1S/C35H39N5O3S.C2H6/c1-22-6-5-18-39(22)32-28(8-4-17-36-32)33(41)37-25-12-10-24(11-13-25)35(43)40-19-16-23-20-30(27-7-2-3-9-29(27)40)44-31(21-23)34(42)38-26-14-15-26;1-2/h2-4,7-13,21-23,26,30,36H,5-6,14-20H2,1H3,(H,37,41)(H,38,42);1-2H3. The second kappa shape index (κ2) is 14.2. The van der Waals surface area contributed by atoms with Gasteiger partial charge in [-0.2, -0.15) is 0 Å². The van der Waals surface area contributed by atoms with E-state index in [-0.39, 0.29) is 28.9 Å². The first-order valence-corrected chi connectivity index (χ1v) is 17.8. The summed E-state index contributed by atoms with van der Waals surface area (Å²) in [6, 6.07) is 16.0. The first-order valence-electron chi connectivity index (χ1n) is 16.9. The number of anilines is 2. The smallest absolute Gasteiger partial charge is 0.259 e. The average Bonchev–Trinajstić information content (AvgIpc) is 3.81. The predicted octanol–water partition coefficient (Wildman–Crippen LogP) is 6.51. The van der Waals surface area contributed by atoms with Crippen molar-refractivity contribution in [3.05, 3.63) is 94.2 Å². The van der Waals surface area contributed by atoms with Crippen LogP contribution in [0.3, 0.4) is 0 Å². The van der Waals surface area contributed by atoms with E-state index in [9.17, 15) is 14.4 Å². The van der Waals surface area contributed by atoms with Crippen molar-refractivity contribution in [1.82, 2.24) is 15.5 Å². The minimum Gasteiger partial charge on any atom is -0.368 e. The molecule has 0 aromatic heterocycles. The monoisotopic (exact) mass is 639 g/mol. The summed E-state index contributed by atoms with van der Waals surface area (Å²) in [6.45, 7) is 8.41. The summed E-state index contributed by atoms with van der Waals surface area (Å²) in [5, 5.41) is 9.69. The number of rotatable bonds is 6. The Morgan fingerprint density at radius 1 is 0.935 bits per heavy atom. The molecule has 2 bridgehead atoms. The van der Waals surface area contributed by atoms with Gasteiger partial charge in [-0.25, -0.2) is 0 Å². The lowest BCUT2D eigenvalue weighted by Gasteiger charge is -2.36. The van der Waals surface area contributed by atoms with Crippen molar-refractivity contribution in [2.45, 2.75) is 76.6 Å². The maximum Gasteiger partial charge on any atom is 0.259 e. The van der Waals surface area contributed by atoms with Crippen LogP contribution in [0, 0.1) is 5.92 Å². The van der Waals surface area contributed by atoms with Gasteiger partial charge in [0, 0.05) is 53.9 Å². The van der Waals surface area contributed by atoms with E-state index in [2.05, 4.69) is 39.9 Å². The van der Waals surface area contributed by atoms with Gasteiger partial charge in [0.05, 0.1) is 10.5 Å². The van der Waals surface area contributed by atoms with Crippen LogP contribution in [0.2, 0.25) is 0 Å². The van der Waals surface area contributed by atoms with Gasteiger partial charge >= 0.3 is 0 Å². The molecule has 2 aromatic carbocycles. The maximum atomic E-state index is 14.0. The Morgan fingerprint density at radius 2 is 1.72 bits per heavy atom. The third-order valence-electron chi connectivity index (χ3n) is 9.25. The fraction of sp³-hybridized carbons (Fsp3) is 0.432. The van der Waals surface area contributed by atoms with Gasteiger partial charge in [0.15, 0.2) is 0 Å². The quantitative estimate of drug-likeness (QED) is 0.334. The highest BCUT2D eigenvalue weighted by Crippen LogP contribution is 2.49. The molecule has 3 atom stereocenters. The molecule has 4 heterocycles. The maximum absolute atomic E-state index is 14.0. The Balaban J connectivity index is 0.00000182. The number of likely N-dealkylation sites (tertiary alicyclic amines) is 1. The number of benzene rings is 2. The van der Waals surface area contributed by atoms with Crippen molar-refractivity contribution >= 4 is 40.9 Å². The molecule has 3 N–H and O–H groups in total. The van der Waals surface area contributed by atoms with Crippen molar-refractivity contribution in [2.24, 2.45) is 5.92 Å². The number of allylic oxidation sites excluding steroid dienone is 1. The first kappa shape index (κ1) is 32.0. The molecule has 3 amide bonds. The second-order valence-electron chi connectivity index (χ2n) is 12.4. The summed E-state index contributed by atoms with van der Waals surface area (Å²) < 4.78 is 0. The summed E-state index contributed by atoms with van der Waals surface area (Å²) >= 11 is 1.62. The number of dihydropyridines is 1. The fourth-order valence-corrected chi connectivity index (χ4v) is 8.11. The van der Waals surface area contributed by atoms with Gasteiger partial charge in [-0.15, -0.1) is 11.8 Å². The number of nitrogens with one attached hydrogen (secondary N) is 3. The molecule has 46 heavy (non-hydrogen) atoms. The highest BCUT2D eigenvalue weighted by Gasteiger charge is 2.35. The van der Waals surface area contributed by atoms with Crippen LogP contribution in [-0.4, -0.2) is 54.3 Å². The molecule has 1 saturated carbocycles. The van der Waals surface area contributed by atoms with E-state index in [1.807, 2.05) is 49.1 Å². The molecule has 2 fully saturated rings. The summed E-state index contributed by atoms with van der Waals surface area (Å²) in [4.78, 5) is 45.2. The second-order valence-corrected chi connectivity index (χ2v) is 13.7. The Morgan fingerprint density at radius 3 is 2.46 bits per heavy atom. The lowest BCUT2D eigenvalue weighted by Crippen LogP contribution is -2.38. The normalized spacial score (nSPS) is 23.5. The van der Waals surface area contributed by atoms with Gasteiger partial charge in [-0.3, -0.25) is 14.4 Å². The molecular formula is C37H45N5O3S. The molecule has 8 nitrogen and oxygen atoms in total. The lowest BCUT2D eigenvalue weighted by molar-refractivity contribution is -0.117. The minimum atomic E-state index is -0.165. The van der Waals surface area contributed by atoms with Crippen molar-refractivity contribution in [3.8, 4) is 0 Å². The molecule has 7 rings (SSSR count). The minimum absolute atomic E-state index is 0.0410. The average molecular weight is 640 g/mol. The van der Waals surface area contributed by atoms with Crippen LogP contribution in [0.4, 0.5) is 11.4 Å². The van der Waals surface area contributed by atoms with E-state index >= 15 is 0 Å². The van der Waals surface area contributed by atoms with Crippen LogP contribution >= 0.6 is 11.8 Å². The molecule has 1 saturated heterocycles. The van der Waals surface area contributed by atoms with E-state index in [0.717, 1.165) is 67.0 Å². The highest BCUT2D eigenvalue weighted by molar-refractivity contribution is 8.04. The van der Waals surface area contributed by atoms with Crippen molar-refractivity contribution in [3.63, 3.8) is 0 Å². The Bertz CT molecular complexity index is 1560. The molecule has 4 aliphatic heterocycles. The topological polar surface area (TPSA) is 93.8 Å². The predicted molar refractivity (Wildman–Crippen MR) is 186 cm³/mol. The van der Waals surface area contributed by atoms with E-state index in [1.165, 1.54) is 0 Å². The number of amides is 3. The summed E-state index contributed by atoms with van der Waals surface area (Å²) in [6.07, 6.45) is 12.1. The molecule has 0 spiro atoms. The van der Waals surface area contributed by atoms with Crippen molar-refractivity contribution < 1.29 is 14.4 Å². The highest BCUT2D eigenvalue weighted by atomic mass is 32.2. The summed E-state index contributed by atoms with van der Waals surface area (Å²) in [5.74, 6) is 0.934. The van der Waals surface area contributed by atoms with E-state index < -0.39 is 0 Å². The number of para-hydroxylation sites is 1. The SMILES string of the molecule is CC.CC1CCCN1C1=C(C(=O)Nc2ccc(C(=O)N3CCC4C=C(C(=O)NC5CC5)SC(C4)c4ccccc43)cc2)C=CCN1. The van der Waals surface area contributed by atoms with Gasteiger partial charge in [0.1, 0.15) is 5.82 Å². The third kappa shape index (κ3) is 6.89. The largest absolute Gasteiger partial charge is 0.368 e. The third-order valence-corrected chi connectivity index (χ3v) is 10.6. The Kier molecular flexibility index (Phi) is 9.87. The molecule has 5 aliphatic rings. The van der Waals surface area contributed by atoms with Crippen molar-refractivity contribution in [2.75, 3.05) is 29.9 Å². The van der Waals surface area contributed by atoms with E-state index in [1.54, 1.807) is 36.0 Å². The number of nitrogens with zero attached hydrogens (tertiary/aromatic N) is 2. The van der Waals surface area contributed by atoms with Gasteiger partial charge in [-0.05, 0) is 93.3 Å². The molecule has 9 heteroatoms. The molecule has 1 aliphatic carbocycles. The lowest BCUT2D eigenvalue weighted by atomic mass is 9.91. The molecule has 0 radical (unpaired) electrons. The fourth-order valence-electron chi connectivity index (χ4n) is 6.70. The number of carbonyl (C=O) groups excluding carboxylic acids is 3. The number of fused-ring (bicyclic) bond motifs is 4. The number of thioether (sulfide) groups is 1. The Hall–Kier alpha value is -3.98. The van der Waals surface area contributed by atoms with Crippen molar-refractivity contribution in [1.29, 1.82) is 0 Å². The van der Waals surface area contributed by atoms with E-state index in [4.69, 9.17) is 0 Å². The molecule has 2 aromatic rings. The van der Waals surface area contributed by atoms with Gasteiger partial charge in [0.2, 0.25) is 0 Å². The molecule has 242 valence electrons. The zero-order chi connectivity index (χ0) is 32.2. The van der Waals surface area contributed by atoms with Crippen LogP contribution in [0.15, 0.2) is 83.1 Å². The van der Waals surface area contributed by atoms with Gasteiger partial charge in [0.25, 0.3) is 17.7 Å². The van der Waals surface area contributed by atoms with Crippen LogP contribution < -0.4 is 20.9 Å². The van der Waals surface area contributed by atoms with Crippen LogP contribution in [-0.2, 0) is 9.59 Å². The van der Waals surface area contributed by atoms with Crippen LogP contribution in [0.25, 0.3) is 0 Å². The Labute approximate surface area is 276 Å². The molecular weight excluding hydrogens is 595 g/mol. The first-order chi connectivity index (χ1) is 22.4. The van der Waals surface area contributed by atoms with Gasteiger partial charge in [-0.1, -0.05) is 44.2 Å². The number of hydrogen-bond acceptors (Lipinski definition) is 6. The summed E-state index contributed by atoms with van der Waals surface area (Å²) in [7, 11) is 0. The zero-order valence-electron chi connectivity index (χ0n) is 27.1. The number of hydrogen-bond donors (Lipinski definition) is 3. The number of carbonyl (C=O) groups is 3. The van der Waals surface area contributed by atoms with Crippen LogP contribution in [0.5, 0.6) is 0 Å². The zero-order valence-corrected chi connectivity index (χ0v) is 27.9. The molecule has 3 unspecified atom stereocenters. The van der Waals surface area contributed by atoms with E-state index in [0.29, 0.717) is 42.0 Å². The summed E-state index contributed by atoms with van der Waals surface area (Å²) in [5.41, 5.74) is 3.85.